The number of aryl methyl sites for hydroxylation is 1. The molecule has 23 heteroatoms. The van der Waals surface area contributed by atoms with E-state index >= 15 is 0 Å². The van der Waals surface area contributed by atoms with E-state index < -0.39 is 52.0 Å². The second-order valence-electron chi connectivity index (χ2n) is 24.9. The summed E-state index contributed by atoms with van der Waals surface area (Å²) in [6, 6.07) is 27.6. The van der Waals surface area contributed by atoms with Gasteiger partial charge in [0.25, 0.3) is 0 Å². The van der Waals surface area contributed by atoms with Gasteiger partial charge in [0.1, 0.15) is 47.8 Å². The zero-order valence-electron chi connectivity index (χ0n) is 52.7. The molecule has 4 aromatic carbocycles. The lowest BCUT2D eigenvalue weighted by Crippen LogP contribution is -2.31. The molecule has 0 bridgehead atoms. The van der Waals surface area contributed by atoms with Crippen molar-refractivity contribution < 1.29 is 66.9 Å². The third-order valence-corrected chi connectivity index (χ3v) is 19.8. The average molecular weight is 1210 g/mol. The first-order valence-corrected chi connectivity index (χ1v) is 42.8. The monoisotopic (exact) mass is 1210 g/mol. The molecule has 2 N–H and O–H groups in total. The number of ether oxygens (including phenoxy) is 12. The molecule has 6 aromatic rings. The minimum Gasteiger partial charge on any atom is -0.497 e. The van der Waals surface area contributed by atoms with Crippen molar-refractivity contribution in [2.75, 3.05) is 82.7 Å². The Labute approximate surface area is 493 Å². The molecular weight excluding hydrogens is 1110 g/mol. The Morgan fingerprint density at radius 1 is 0.476 bits per heavy atom. The second-order valence-corrected chi connectivity index (χ2v) is 47.4. The fraction of sp³-hybridized carbons (Fsp3) is 0.559. The maximum absolute atomic E-state index is 9.16. The van der Waals surface area contributed by atoms with E-state index in [0.29, 0.717) is 49.4 Å². The standard InChI is InChI=1S/C29H46N2O6Si2.C17H28N2O3Si.C13H23BO5Si/c1-32-27-19-23(37-21-36-15-17-39(7,8)9)11-13-24(27)22-10-12-25-26(18-22)31(20-35-14-16-38(4,5)6)30-28(25)29(33-2)34-3;1-13-7-8-14-15(11-13)19(12-22-9-10-23(4,5)6)18-16(14)17(20-2)21-3;1-17-13-9-11(5-6-12(13)14(15)16)19-10-18-7-8-20(2,3)4/h10-13,18-19,29H,14-17,20-21H2,1-9H3;7-8,11,17H,9-10,12H2,1-6H3;5-6,9,15-16H,7-8,10H2,1-4H3. The Hall–Kier alpha value is -4.45. The maximum atomic E-state index is 9.16. The first-order chi connectivity index (χ1) is 38.6. The first kappa shape index (κ1) is 70.0. The van der Waals surface area contributed by atoms with Gasteiger partial charge in [-0.2, -0.15) is 10.2 Å². The smallest absolute Gasteiger partial charge is 0.492 e. The lowest BCUT2D eigenvalue weighted by molar-refractivity contribution is -0.108. The van der Waals surface area contributed by atoms with E-state index in [2.05, 4.69) is 121 Å². The molecular formula is C59H97BN4O14Si4. The van der Waals surface area contributed by atoms with Crippen LogP contribution in [0.4, 0.5) is 0 Å². The summed E-state index contributed by atoms with van der Waals surface area (Å²) in [5, 5.41) is 29.8. The normalized spacial score (nSPS) is 12.2. The molecule has 82 heavy (non-hydrogen) atoms. The van der Waals surface area contributed by atoms with E-state index in [-0.39, 0.29) is 13.6 Å². The molecule has 0 aliphatic carbocycles. The van der Waals surface area contributed by atoms with Crippen LogP contribution in [0.25, 0.3) is 32.9 Å². The summed E-state index contributed by atoms with van der Waals surface area (Å²) in [6.45, 7) is 34.1. The van der Waals surface area contributed by atoms with Gasteiger partial charge >= 0.3 is 7.12 Å². The van der Waals surface area contributed by atoms with Gasteiger partial charge in [0.05, 0.1) is 25.3 Å². The fourth-order valence-electron chi connectivity index (χ4n) is 8.01. The molecule has 0 unspecified atom stereocenters. The van der Waals surface area contributed by atoms with Gasteiger partial charge in [-0.1, -0.05) is 109 Å². The summed E-state index contributed by atoms with van der Waals surface area (Å²) in [5.41, 5.74) is 6.95. The third-order valence-electron chi connectivity index (χ3n) is 13.0. The van der Waals surface area contributed by atoms with Gasteiger partial charge in [-0.05, 0) is 72.6 Å². The highest BCUT2D eigenvalue weighted by Gasteiger charge is 2.24. The van der Waals surface area contributed by atoms with Crippen LogP contribution in [0.15, 0.2) is 72.8 Å². The minimum atomic E-state index is -1.56. The van der Waals surface area contributed by atoms with Crippen molar-refractivity contribution in [2.45, 2.75) is 136 Å². The number of benzene rings is 4. The van der Waals surface area contributed by atoms with Crippen molar-refractivity contribution in [3.8, 4) is 34.1 Å². The highest BCUT2D eigenvalue weighted by atomic mass is 28.3. The van der Waals surface area contributed by atoms with Gasteiger partial charge in [0.2, 0.25) is 12.6 Å². The number of nitrogens with zero attached hydrogens (tertiary/aromatic N) is 4. The van der Waals surface area contributed by atoms with Crippen molar-refractivity contribution in [2.24, 2.45) is 0 Å². The van der Waals surface area contributed by atoms with E-state index in [9.17, 15) is 0 Å². The second kappa shape index (κ2) is 33.3. The molecule has 0 saturated carbocycles. The molecule has 18 nitrogen and oxygen atoms in total. The summed E-state index contributed by atoms with van der Waals surface area (Å²) < 4.78 is 70.7. The van der Waals surface area contributed by atoms with E-state index in [1.165, 1.54) is 12.7 Å². The fourth-order valence-corrected chi connectivity index (χ4v) is 11.0. The Morgan fingerprint density at radius 3 is 1.29 bits per heavy atom. The van der Waals surface area contributed by atoms with Crippen LogP contribution >= 0.6 is 0 Å². The van der Waals surface area contributed by atoms with Crippen LogP contribution in [-0.2, 0) is 51.4 Å². The summed E-state index contributed by atoms with van der Waals surface area (Å²) in [6.07, 6.45) is -1.04. The predicted molar refractivity (Wildman–Crippen MR) is 340 cm³/mol. The predicted octanol–water partition coefficient (Wildman–Crippen LogP) is 12.0. The van der Waals surface area contributed by atoms with Gasteiger partial charge in [-0.15, -0.1) is 0 Å². The molecule has 0 fully saturated rings. The molecule has 0 atom stereocenters. The van der Waals surface area contributed by atoms with Crippen LogP contribution in [0.1, 0.15) is 29.5 Å². The van der Waals surface area contributed by atoms with E-state index in [4.69, 9.17) is 72.0 Å². The van der Waals surface area contributed by atoms with Crippen LogP contribution < -0.4 is 24.4 Å². The number of aromatic nitrogens is 4. The summed E-state index contributed by atoms with van der Waals surface area (Å²) in [4.78, 5) is 0. The SMILES string of the molecule is COC(OC)c1nn(COCC[Si](C)(C)C)c2cc(C)ccc12.COc1cc(OCOCC[Si](C)(C)C)ccc1-c1ccc2c(C(OC)OC)nn(COCC[Si](C)(C)C)c2c1.COc1cc(OCOCC[Si](C)(C)C)ccc1B(O)O. The highest BCUT2D eigenvalue weighted by Crippen LogP contribution is 2.37. The van der Waals surface area contributed by atoms with Crippen LogP contribution in [0.5, 0.6) is 23.0 Å². The van der Waals surface area contributed by atoms with Crippen molar-refractivity contribution >= 4 is 66.7 Å². The van der Waals surface area contributed by atoms with Crippen LogP contribution in [-0.4, -0.2) is 152 Å². The molecule has 2 heterocycles. The number of hydrogen-bond donors (Lipinski definition) is 2. The quantitative estimate of drug-likeness (QED) is 0.0230. The lowest BCUT2D eigenvalue weighted by Gasteiger charge is -2.16. The molecule has 2 aromatic heterocycles. The van der Waals surface area contributed by atoms with Gasteiger partial charge in [-0.3, -0.25) is 0 Å². The van der Waals surface area contributed by atoms with Crippen LogP contribution in [0.3, 0.4) is 0 Å². The Morgan fingerprint density at radius 2 is 0.878 bits per heavy atom. The van der Waals surface area contributed by atoms with Crippen molar-refractivity contribution in [1.29, 1.82) is 0 Å². The van der Waals surface area contributed by atoms with Crippen molar-refractivity contribution in [3.63, 3.8) is 0 Å². The maximum Gasteiger partial charge on any atom is 0.492 e. The summed E-state index contributed by atoms with van der Waals surface area (Å²) in [7, 11) is 3.58. The molecule has 0 radical (unpaired) electrons. The molecule has 0 amide bonds. The van der Waals surface area contributed by atoms with E-state index in [1.807, 2.05) is 33.6 Å². The van der Waals surface area contributed by atoms with Crippen molar-refractivity contribution in [3.05, 3.63) is 89.7 Å². The highest BCUT2D eigenvalue weighted by molar-refractivity contribution is 6.77. The first-order valence-electron chi connectivity index (χ1n) is 28.0. The minimum absolute atomic E-state index is 0.175. The third kappa shape index (κ3) is 23.5. The van der Waals surface area contributed by atoms with Gasteiger partial charge in [-0.25, -0.2) is 9.36 Å². The molecule has 6 rings (SSSR count). The average Bonchev–Trinajstić information content (AvgIpc) is 4.17. The van der Waals surface area contributed by atoms with E-state index in [1.54, 1.807) is 53.7 Å². The largest absolute Gasteiger partial charge is 0.497 e. The number of methoxy groups -OCH3 is 6. The van der Waals surface area contributed by atoms with Crippen molar-refractivity contribution in [1.82, 2.24) is 19.6 Å². The zero-order chi connectivity index (χ0) is 60.8. The zero-order valence-corrected chi connectivity index (χ0v) is 56.7. The molecule has 456 valence electrons. The number of rotatable bonds is 32. The molecule has 0 aliphatic rings. The lowest BCUT2D eigenvalue weighted by atomic mass is 9.79. The van der Waals surface area contributed by atoms with Gasteiger partial charge in [0.15, 0.2) is 13.6 Å². The Bertz CT molecular complexity index is 2840. The molecule has 0 spiro atoms. The Kier molecular flexibility index (Phi) is 28.4. The summed E-state index contributed by atoms with van der Waals surface area (Å²) in [5.74, 6) is 2.37. The van der Waals surface area contributed by atoms with E-state index in [0.717, 1.165) is 87.5 Å². The Balaban J connectivity index is 0.000000286. The van der Waals surface area contributed by atoms with Crippen LogP contribution in [0, 0.1) is 6.92 Å². The van der Waals surface area contributed by atoms with Crippen LogP contribution in [0.2, 0.25) is 103 Å². The molecule has 0 saturated heterocycles. The number of fused-ring (bicyclic) bond motifs is 2. The van der Waals surface area contributed by atoms with Gasteiger partial charge in [0, 0.05) is 121 Å². The van der Waals surface area contributed by atoms with Gasteiger partial charge < -0.3 is 66.9 Å². The summed E-state index contributed by atoms with van der Waals surface area (Å²) >= 11 is 0. The topological polar surface area (TPSA) is 187 Å². The molecule has 0 aliphatic heterocycles. The number of hydrogen-bond acceptors (Lipinski definition) is 16.